The second-order valence-electron chi connectivity index (χ2n) is 5.84. The molecule has 0 aromatic carbocycles. The molecule has 22 heavy (non-hydrogen) atoms. The Morgan fingerprint density at radius 3 is 2.86 bits per heavy atom. The van der Waals surface area contributed by atoms with Gasteiger partial charge in [0.1, 0.15) is 0 Å². The summed E-state index contributed by atoms with van der Waals surface area (Å²) in [5, 5.41) is 2.80. The molecule has 1 aliphatic rings. The highest BCUT2D eigenvalue weighted by atomic mass is 16.2. The summed E-state index contributed by atoms with van der Waals surface area (Å²) in [6.07, 6.45) is 2.85. The van der Waals surface area contributed by atoms with E-state index >= 15 is 0 Å². The number of hydrogen-bond donors (Lipinski definition) is 3. The summed E-state index contributed by atoms with van der Waals surface area (Å²) in [4.78, 5) is 43.2. The van der Waals surface area contributed by atoms with Gasteiger partial charge in [-0.3, -0.25) is 19.5 Å². The van der Waals surface area contributed by atoms with Crippen molar-refractivity contribution < 1.29 is 4.79 Å². The molecular weight excluding hydrogens is 286 g/mol. The quantitative estimate of drug-likeness (QED) is 0.585. The number of nitrogens with one attached hydrogen (secondary N) is 3. The summed E-state index contributed by atoms with van der Waals surface area (Å²) in [6, 6.07) is 0.507. The smallest absolute Gasteiger partial charge is 0.325 e. The number of carbonyl (C=O) groups excluding carboxylic acids is 1. The van der Waals surface area contributed by atoms with Gasteiger partial charge in [0.15, 0.2) is 0 Å². The lowest BCUT2D eigenvalue weighted by molar-refractivity contribution is -0.122. The average molecular weight is 309 g/mol. The number of H-pyrrole nitrogens is 2. The molecule has 0 spiro atoms. The Bertz CT molecular complexity index is 621. The zero-order valence-electron chi connectivity index (χ0n) is 13.0. The van der Waals surface area contributed by atoms with E-state index in [1.165, 1.54) is 6.20 Å². The molecule has 1 aromatic rings. The van der Waals surface area contributed by atoms with Crippen LogP contribution in [-0.4, -0.2) is 72.0 Å². The van der Waals surface area contributed by atoms with E-state index in [1.54, 1.807) is 0 Å². The lowest BCUT2D eigenvalue weighted by Crippen LogP contribution is -2.39. The summed E-state index contributed by atoms with van der Waals surface area (Å²) in [5.74, 6) is -0.0414. The normalized spacial score (nSPS) is 18.8. The SMILES string of the molecule is CN(C)[C@@H]1CCN(CC(=O)NCCc2c[nH]c(=O)[nH]c2=O)C1. The van der Waals surface area contributed by atoms with Crippen LogP contribution in [-0.2, 0) is 11.2 Å². The average Bonchev–Trinajstić information content (AvgIpc) is 2.90. The van der Waals surface area contributed by atoms with E-state index in [4.69, 9.17) is 0 Å². The monoisotopic (exact) mass is 309 g/mol. The Kier molecular flexibility index (Phi) is 5.51. The highest BCUT2D eigenvalue weighted by Crippen LogP contribution is 2.12. The van der Waals surface area contributed by atoms with E-state index in [0.29, 0.717) is 31.1 Å². The standard InChI is InChI=1S/C14H23N5O3/c1-18(2)11-4-6-19(8-11)9-12(20)15-5-3-10-7-16-14(22)17-13(10)21/h7,11H,3-6,8-9H2,1-2H3,(H,15,20)(H2,16,17,21,22)/t11-/m1/s1. The van der Waals surface area contributed by atoms with Gasteiger partial charge in [-0.05, 0) is 26.9 Å². The van der Waals surface area contributed by atoms with Gasteiger partial charge in [0.2, 0.25) is 5.91 Å². The van der Waals surface area contributed by atoms with Crippen LogP contribution in [0.5, 0.6) is 0 Å². The van der Waals surface area contributed by atoms with Crippen molar-refractivity contribution in [3.63, 3.8) is 0 Å². The molecule has 122 valence electrons. The first-order valence-corrected chi connectivity index (χ1v) is 7.42. The highest BCUT2D eigenvalue weighted by Gasteiger charge is 2.24. The first-order valence-electron chi connectivity index (χ1n) is 7.42. The van der Waals surface area contributed by atoms with Gasteiger partial charge in [0, 0.05) is 37.4 Å². The van der Waals surface area contributed by atoms with E-state index in [2.05, 4.69) is 39.2 Å². The highest BCUT2D eigenvalue weighted by molar-refractivity contribution is 5.78. The molecule has 1 fully saturated rings. The van der Waals surface area contributed by atoms with Crippen molar-refractivity contribution in [2.24, 2.45) is 0 Å². The molecule has 0 bridgehead atoms. The van der Waals surface area contributed by atoms with Gasteiger partial charge >= 0.3 is 5.69 Å². The molecule has 1 amide bonds. The molecule has 0 unspecified atom stereocenters. The lowest BCUT2D eigenvalue weighted by Gasteiger charge is -2.20. The second kappa shape index (κ2) is 7.37. The molecule has 2 heterocycles. The summed E-state index contributed by atoms with van der Waals surface area (Å²) in [6.45, 7) is 2.58. The van der Waals surface area contributed by atoms with Crippen LogP contribution in [0.3, 0.4) is 0 Å². The lowest BCUT2D eigenvalue weighted by atomic mass is 10.2. The predicted molar refractivity (Wildman–Crippen MR) is 82.9 cm³/mol. The summed E-state index contributed by atoms with van der Waals surface area (Å²) < 4.78 is 0. The van der Waals surface area contributed by atoms with Gasteiger partial charge in [-0.25, -0.2) is 4.79 Å². The molecular formula is C14H23N5O3. The van der Waals surface area contributed by atoms with Gasteiger partial charge in [0.05, 0.1) is 6.54 Å². The molecule has 3 N–H and O–H groups in total. The molecule has 1 aromatic heterocycles. The molecule has 2 rings (SSSR count). The van der Waals surface area contributed by atoms with Gasteiger partial charge in [-0.1, -0.05) is 0 Å². The third-order valence-corrected chi connectivity index (χ3v) is 3.96. The Morgan fingerprint density at radius 2 is 2.23 bits per heavy atom. The van der Waals surface area contributed by atoms with Crippen LogP contribution < -0.4 is 16.6 Å². The van der Waals surface area contributed by atoms with Gasteiger partial charge in [-0.2, -0.15) is 0 Å². The topological polar surface area (TPSA) is 101 Å². The maximum atomic E-state index is 11.9. The number of hydrogen-bond acceptors (Lipinski definition) is 5. The fourth-order valence-corrected chi connectivity index (χ4v) is 2.60. The second-order valence-corrected chi connectivity index (χ2v) is 5.84. The third kappa shape index (κ3) is 4.54. The van der Waals surface area contributed by atoms with E-state index < -0.39 is 11.2 Å². The third-order valence-electron chi connectivity index (χ3n) is 3.96. The zero-order chi connectivity index (χ0) is 16.1. The summed E-state index contributed by atoms with van der Waals surface area (Å²) in [5.41, 5.74) is -0.484. The number of carbonyl (C=O) groups is 1. The number of nitrogens with zero attached hydrogens (tertiary/aromatic N) is 2. The molecule has 8 heteroatoms. The van der Waals surface area contributed by atoms with Gasteiger partial charge in [-0.15, -0.1) is 0 Å². The van der Waals surface area contributed by atoms with Crippen molar-refractivity contribution >= 4 is 5.91 Å². The molecule has 1 atom stereocenters. The fourth-order valence-electron chi connectivity index (χ4n) is 2.60. The molecule has 0 saturated carbocycles. The van der Waals surface area contributed by atoms with Crippen molar-refractivity contribution in [2.45, 2.75) is 18.9 Å². The van der Waals surface area contributed by atoms with E-state index in [-0.39, 0.29) is 5.91 Å². The van der Waals surface area contributed by atoms with Crippen LogP contribution in [0, 0.1) is 0 Å². The summed E-state index contributed by atoms with van der Waals surface area (Å²) in [7, 11) is 4.10. The molecule has 1 aliphatic heterocycles. The van der Waals surface area contributed by atoms with E-state index in [0.717, 1.165) is 19.5 Å². The fraction of sp³-hybridized carbons (Fsp3) is 0.643. The Balaban J connectivity index is 1.72. The van der Waals surface area contributed by atoms with Crippen molar-refractivity contribution in [3.8, 4) is 0 Å². The minimum absolute atomic E-state index is 0.0414. The number of rotatable bonds is 6. The number of aromatic amines is 2. The Labute approximate surface area is 128 Å². The Hall–Kier alpha value is -1.93. The first-order chi connectivity index (χ1) is 10.5. The largest absolute Gasteiger partial charge is 0.355 e. The minimum atomic E-state index is -0.526. The van der Waals surface area contributed by atoms with Crippen LogP contribution in [0.4, 0.5) is 0 Å². The van der Waals surface area contributed by atoms with Crippen LogP contribution >= 0.6 is 0 Å². The summed E-state index contributed by atoms with van der Waals surface area (Å²) >= 11 is 0. The number of likely N-dealkylation sites (tertiary alicyclic amines) is 1. The zero-order valence-corrected chi connectivity index (χ0v) is 13.0. The van der Waals surface area contributed by atoms with Crippen molar-refractivity contribution in [1.82, 2.24) is 25.1 Å². The molecule has 0 aliphatic carbocycles. The van der Waals surface area contributed by atoms with Gasteiger partial charge in [0.25, 0.3) is 5.56 Å². The van der Waals surface area contributed by atoms with Crippen LogP contribution in [0.25, 0.3) is 0 Å². The van der Waals surface area contributed by atoms with Crippen molar-refractivity contribution in [3.05, 3.63) is 32.6 Å². The van der Waals surface area contributed by atoms with Crippen LogP contribution in [0.2, 0.25) is 0 Å². The van der Waals surface area contributed by atoms with Crippen LogP contribution in [0.1, 0.15) is 12.0 Å². The van der Waals surface area contributed by atoms with Crippen molar-refractivity contribution in [2.75, 3.05) is 40.3 Å². The van der Waals surface area contributed by atoms with Gasteiger partial charge < -0.3 is 15.2 Å². The van der Waals surface area contributed by atoms with Crippen LogP contribution in [0.15, 0.2) is 15.8 Å². The van der Waals surface area contributed by atoms with E-state index in [1.807, 2.05) is 0 Å². The van der Waals surface area contributed by atoms with Crippen molar-refractivity contribution in [1.29, 1.82) is 0 Å². The number of likely N-dealkylation sites (N-methyl/N-ethyl adjacent to an activating group) is 1. The molecule has 1 saturated heterocycles. The first kappa shape index (κ1) is 16.4. The predicted octanol–water partition coefficient (Wildman–Crippen LogP) is -1.64. The maximum absolute atomic E-state index is 11.9. The number of amides is 1. The Morgan fingerprint density at radius 1 is 1.45 bits per heavy atom. The molecule has 0 radical (unpaired) electrons. The molecule has 8 nitrogen and oxygen atoms in total. The van der Waals surface area contributed by atoms with E-state index in [9.17, 15) is 14.4 Å². The maximum Gasteiger partial charge on any atom is 0.325 e. The number of aromatic nitrogens is 2. The minimum Gasteiger partial charge on any atom is -0.355 e.